The van der Waals surface area contributed by atoms with E-state index < -0.39 is 0 Å². The summed E-state index contributed by atoms with van der Waals surface area (Å²) in [5, 5.41) is 5.68. The maximum Gasteiger partial charge on any atom is 0.246 e. The lowest BCUT2D eigenvalue weighted by Gasteiger charge is -2.13. The third kappa shape index (κ3) is 4.05. The van der Waals surface area contributed by atoms with E-state index in [-0.39, 0.29) is 11.8 Å². The van der Waals surface area contributed by atoms with Crippen molar-refractivity contribution in [2.24, 2.45) is 0 Å². The molecule has 1 aliphatic heterocycles. The van der Waals surface area contributed by atoms with E-state index in [2.05, 4.69) is 15.3 Å². The number of carbonyl (C=O) groups excluding carboxylic acids is 2. The van der Waals surface area contributed by atoms with E-state index in [1.165, 1.54) is 6.92 Å². The van der Waals surface area contributed by atoms with Gasteiger partial charge in [-0.2, -0.15) is 0 Å². The Balaban J connectivity index is 1.56. The number of likely N-dealkylation sites (tertiary alicyclic amines) is 1. The molecule has 1 saturated heterocycles. The van der Waals surface area contributed by atoms with E-state index in [9.17, 15) is 9.59 Å². The zero-order valence-corrected chi connectivity index (χ0v) is 14.1. The van der Waals surface area contributed by atoms with Crippen LogP contribution in [0.5, 0.6) is 0 Å². The van der Waals surface area contributed by atoms with Crippen molar-refractivity contribution >= 4 is 35.0 Å². The Morgan fingerprint density at radius 2 is 2.25 bits per heavy atom. The highest BCUT2D eigenvalue weighted by Crippen LogP contribution is 2.28. The van der Waals surface area contributed by atoms with E-state index in [1.54, 1.807) is 35.8 Å². The van der Waals surface area contributed by atoms with Gasteiger partial charge in [0.1, 0.15) is 5.82 Å². The van der Waals surface area contributed by atoms with Crippen LogP contribution in [0.2, 0.25) is 0 Å². The number of pyridine rings is 1. The molecule has 2 aromatic heterocycles. The predicted octanol–water partition coefficient (Wildman–Crippen LogP) is 2.53. The van der Waals surface area contributed by atoms with Gasteiger partial charge in [0.2, 0.25) is 11.8 Å². The van der Waals surface area contributed by atoms with Crippen LogP contribution in [-0.4, -0.2) is 39.8 Å². The molecule has 2 aromatic rings. The second-order valence-corrected chi connectivity index (χ2v) is 6.56. The van der Waals surface area contributed by atoms with Crippen LogP contribution in [0.15, 0.2) is 36.0 Å². The Hall–Kier alpha value is -2.54. The van der Waals surface area contributed by atoms with Gasteiger partial charge in [0.05, 0.1) is 5.01 Å². The van der Waals surface area contributed by atoms with E-state index >= 15 is 0 Å². The first-order valence-electron chi connectivity index (χ1n) is 7.72. The topological polar surface area (TPSA) is 75.2 Å². The first-order chi connectivity index (χ1) is 11.6. The molecule has 1 fully saturated rings. The van der Waals surface area contributed by atoms with Crippen molar-refractivity contribution in [1.29, 1.82) is 0 Å². The number of aromatic nitrogens is 2. The molecule has 7 heteroatoms. The summed E-state index contributed by atoms with van der Waals surface area (Å²) in [6.45, 7) is 2.91. The Morgan fingerprint density at radius 1 is 1.38 bits per heavy atom. The van der Waals surface area contributed by atoms with Crippen LogP contribution in [0.4, 0.5) is 5.82 Å². The number of hydrogen-bond donors (Lipinski definition) is 1. The van der Waals surface area contributed by atoms with Crippen molar-refractivity contribution < 1.29 is 9.59 Å². The second kappa shape index (κ2) is 7.35. The Morgan fingerprint density at radius 3 is 2.92 bits per heavy atom. The normalized spacial score (nSPS) is 17.4. The SMILES string of the molecule is CC(=O)Nc1ccc(/C=C/C(=O)N2CCC(c3nccs3)C2)cn1. The molecule has 24 heavy (non-hydrogen) atoms. The lowest BCUT2D eigenvalue weighted by Crippen LogP contribution is -2.26. The summed E-state index contributed by atoms with van der Waals surface area (Å²) in [5.74, 6) is 0.683. The van der Waals surface area contributed by atoms with Gasteiger partial charge < -0.3 is 10.2 Å². The first kappa shape index (κ1) is 16.3. The van der Waals surface area contributed by atoms with Gasteiger partial charge in [-0.25, -0.2) is 9.97 Å². The third-order valence-electron chi connectivity index (χ3n) is 3.81. The molecule has 1 N–H and O–H groups in total. The molecule has 6 nitrogen and oxygen atoms in total. The molecule has 1 aliphatic rings. The van der Waals surface area contributed by atoms with Gasteiger partial charge in [-0.3, -0.25) is 9.59 Å². The standard InChI is InChI=1S/C17H18N4O2S/c1-12(22)20-15-4-2-13(10-19-15)3-5-16(23)21-8-6-14(11-21)17-18-7-9-24-17/h2-5,7,9-10,14H,6,8,11H2,1H3,(H,19,20,22)/b5-3+. The molecule has 0 aliphatic carbocycles. The quantitative estimate of drug-likeness (QED) is 0.867. The molecule has 0 aromatic carbocycles. The lowest BCUT2D eigenvalue weighted by atomic mass is 10.1. The summed E-state index contributed by atoms with van der Waals surface area (Å²) in [6.07, 6.45) is 7.70. The largest absolute Gasteiger partial charge is 0.338 e. The molecule has 3 rings (SSSR count). The number of amides is 2. The summed E-state index contributed by atoms with van der Waals surface area (Å²) >= 11 is 1.64. The molecule has 1 unspecified atom stereocenters. The van der Waals surface area contributed by atoms with Gasteiger partial charge in [-0.05, 0) is 30.2 Å². The van der Waals surface area contributed by atoms with Gasteiger partial charge in [0, 0.05) is 49.8 Å². The fraction of sp³-hybridized carbons (Fsp3) is 0.294. The summed E-state index contributed by atoms with van der Waals surface area (Å²) in [4.78, 5) is 33.6. The molecule has 1 atom stereocenters. The minimum Gasteiger partial charge on any atom is -0.338 e. The summed E-state index contributed by atoms with van der Waals surface area (Å²) in [6, 6.07) is 3.52. The molecule has 2 amide bonds. The number of rotatable bonds is 4. The maximum atomic E-state index is 12.3. The highest BCUT2D eigenvalue weighted by molar-refractivity contribution is 7.09. The van der Waals surface area contributed by atoms with Gasteiger partial charge in [0.15, 0.2) is 0 Å². The number of thiazole rings is 1. The first-order valence-corrected chi connectivity index (χ1v) is 8.60. The molecule has 0 bridgehead atoms. The third-order valence-corrected chi connectivity index (χ3v) is 4.75. The highest BCUT2D eigenvalue weighted by atomic mass is 32.1. The molecule has 0 spiro atoms. The van der Waals surface area contributed by atoms with E-state index in [0.29, 0.717) is 11.7 Å². The molecular weight excluding hydrogens is 324 g/mol. The zero-order chi connectivity index (χ0) is 16.9. The molecule has 3 heterocycles. The van der Waals surface area contributed by atoms with Crippen LogP contribution < -0.4 is 5.32 Å². The monoisotopic (exact) mass is 342 g/mol. The van der Waals surface area contributed by atoms with E-state index in [0.717, 1.165) is 30.1 Å². The van der Waals surface area contributed by atoms with Gasteiger partial charge >= 0.3 is 0 Å². The molecule has 124 valence electrons. The van der Waals surface area contributed by atoms with Crippen LogP contribution >= 0.6 is 11.3 Å². The predicted molar refractivity (Wildman–Crippen MR) is 93.6 cm³/mol. The lowest BCUT2D eigenvalue weighted by molar-refractivity contribution is -0.125. The minimum atomic E-state index is -0.162. The number of anilines is 1. The average molecular weight is 342 g/mol. The summed E-state index contributed by atoms with van der Waals surface area (Å²) < 4.78 is 0. The minimum absolute atomic E-state index is 0.00000591. The molecule has 0 radical (unpaired) electrons. The van der Waals surface area contributed by atoms with E-state index in [4.69, 9.17) is 0 Å². The fourth-order valence-electron chi connectivity index (χ4n) is 2.63. The van der Waals surface area contributed by atoms with Gasteiger partial charge in [-0.1, -0.05) is 0 Å². The average Bonchev–Trinajstić information content (AvgIpc) is 3.24. The second-order valence-electron chi connectivity index (χ2n) is 5.63. The van der Waals surface area contributed by atoms with Crippen molar-refractivity contribution in [1.82, 2.24) is 14.9 Å². The zero-order valence-electron chi connectivity index (χ0n) is 13.3. The van der Waals surface area contributed by atoms with Crippen LogP contribution in [-0.2, 0) is 9.59 Å². The van der Waals surface area contributed by atoms with Crippen molar-refractivity contribution in [2.75, 3.05) is 18.4 Å². The van der Waals surface area contributed by atoms with Crippen LogP contribution in [0, 0.1) is 0 Å². The Labute approximate surface area is 144 Å². The Kier molecular flexibility index (Phi) is 5.00. The number of nitrogens with zero attached hydrogens (tertiary/aromatic N) is 3. The summed E-state index contributed by atoms with van der Waals surface area (Å²) in [5.41, 5.74) is 0.813. The van der Waals surface area contributed by atoms with Crippen molar-refractivity contribution in [3.8, 4) is 0 Å². The summed E-state index contributed by atoms with van der Waals surface area (Å²) in [7, 11) is 0. The smallest absolute Gasteiger partial charge is 0.246 e. The van der Waals surface area contributed by atoms with Gasteiger partial charge in [0.25, 0.3) is 0 Å². The maximum absolute atomic E-state index is 12.3. The van der Waals surface area contributed by atoms with Crippen molar-refractivity contribution in [3.63, 3.8) is 0 Å². The molecule has 0 saturated carbocycles. The number of nitrogens with one attached hydrogen (secondary N) is 1. The van der Waals surface area contributed by atoms with E-state index in [1.807, 2.05) is 22.5 Å². The highest BCUT2D eigenvalue weighted by Gasteiger charge is 2.27. The fourth-order valence-corrected chi connectivity index (χ4v) is 3.40. The van der Waals surface area contributed by atoms with Crippen LogP contribution in [0.1, 0.15) is 29.8 Å². The number of hydrogen-bond acceptors (Lipinski definition) is 5. The van der Waals surface area contributed by atoms with Crippen LogP contribution in [0.3, 0.4) is 0 Å². The van der Waals surface area contributed by atoms with Crippen molar-refractivity contribution in [2.45, 2.75) is 19.3 Å². The number of carbonyl (C=O) groups is 2. The molecular formula is C17H18N4O2S. The van der Waals surface area contributed by atoms with Gasteiger partial charge in [-0.15, -0.1) is 11.3 Å². The Bertz CT molecular complexity index is 740. The van der Waals surface area contributed by atoms with Crippen LogP contribution in [0.25, 0.3) is 6.08 Å². The van der Waals surface area contributed by atoms with Crippen molar-refractivity contribution in [3.05, 3.63) is 46.6 Å².